The van der Waals surface area contributed by atoms with E-state index in [1.165, 1.54) is 10.8 Å². The summed E-state index contributed by atoms with van der Waals surface area (Å²) >= 11 is 5.74. The Morgan fingerprint density at radius 1 is 1.05 bits per heavy atom. The Morgan fingerprint density at radius 3 is 2.11 bits per heavy atom. The fraction of sp³-hybridized carbons (Fsp3) is 0.600. The van der Waals surface area contributed by atoms with Gasteiger partial charge in [0.2, 0.25) is 0 Å². The second-order valence-corrected chi connectivity index (χ2v) is 6.90. The number of halogens is 1. The standard InChI is InChI=1S/C15H25ClO2Si/c1-3-11-17-15(18-12-4-2)19-14-7-5-13(6-8-14)9-10-16/h5-8,15H,3-4,9-12,19H2,1-2H3. The molecule has 1 rings (SSSR count). The summed E-state index contributed by atoms with van der Waals surface area (Å²) in [6, 6.07) is 8.74. The molecule has 0 aromatic heterocycles. The van der Waals surface area contributed by atoms with Crippen LogP contribution in [0.4, 0.5) is 0 Å². The first-order valence-corrected chi connectivity index (χ1v) is 9.23. The van der Waals surface area contributed by atoms with Crippen LogP contribution in [0.25, 0.3) is 0 Å². The van der Waals surface area contributed by atoms with Crippen LogP contribution < -0.4 is 5.19 Å². The molecule has 108 valence electrons. The van der Waals surface area contributed by atoms with Gasteiger partial charge in [0.25, 0.3) is 0 Å². The molecule has 0 fully saturated rings. The molecule has 0 aliphatic rings. The Morgan fingerprint density at radius 2 is 1.63 bits per heavy atom. The molecule has 4 heteroatoms. The Labute approximate surface area is 124 Å². The molecule has 0 amide bonds. The monoisotopic (exact) mass is 300 g/mol. The molecule has 0 aliphatic heterocycles. The zero-order valence-corrected chi connectivity index (χ0v) is 14.2. The van der Waals surface area contributed by atoms with E-state index >= 15 is 0 Å². The average molecular weight is 301 g/mol. The zero-order chi connectivity index (χ0) is 13.9. The lowest BCUT2D eigenvalue weighted by molar-refractivity contribution is -0.0894. The van der Waals surface area contributed by atoms with Crippen LogP contribution in [0.1, 0.15) is 32.3 Å². The normalized spacial score (nSPS) is 11.8. The van der Waals surface area contributed by atoms with E-state index in [1.54, 1.807) is 0 Å². The van der Waals surface area contributed by atoms with Gasteiger partial charge in [-0.1, -0.05) is 43.3 Å². The van der Waals surface area contributed by atoms with Crippen molar-refractivity contribution in [2.75, 3.05) is 19.1 Å². The first-order chi connectivity index (χ1) is 9.30. The number of hydrogen-bond donors (Lipinski definition) is 0. The molecule has 0 saturated heterocycles. The maximum absolute atomic E-state index is 5.79. The van der Waals surface area contributed by atoms with Crippen molar-refractivity contribution >= 4 is 26.3 Å². The lowest BCUT2D eigenvalue weighted by atomic mass is 10.2. The molecule has 19 heavy (non-hydrogen) atoms. The van der Waals surface area contributed by atoms with Crippen molar-refractivity contribution < 1.29 is 9.47 Å². The highest BCUT2D eigenvalue weighted by Gasteiger charge is 2.10. The highest BCUT2D eigenvalue weighted by molar-refractivity contribution is 6.54. The SMILES string of the molecule is CCCOC(OCCC)[SiH2]c1ccc(CCCl)cc1. The lowest BCUT2D eigenvalue weighted by Gasteiger charge is -2.18. The van der Waals surface area contributed by atoms with Gasteiger partial charge in [0, 0.05) is 19.1 Å². The summed E-state index contributed by atoms with van der Waals surface area (Å²) in [6.45, 7) is 5.82. The van der Waals surface area contributed by atoms with Crippen LogP contribution >= 0.6 is 11.6 Å². The number of benzene rings is 1. The summed E-state index contributed by atoms with van der Waals surface area (Å²) in [5.41, 5.74) is 1.30. The van der Waals surface area contributed by atoms with Gasteiger partial charge < -0.3 is 9.47 Å². The van der Waals surface area contributed by atoms with E-state index in [0.717, 1.165) is 32.5 Å². The van der Waals surface area contributed by atoms with Gasteiger partial charge in [-0.15, -0.1) is 11.6 Å². The van der Waals surface area contributed by atoms with Crippen molar-refractivity contribution in [2.45, 2.75) is 39.0 Å². The van der Waals surface area contributed by atoms with Crippen LogP contribution in [0.2, 0.25) is 0 Å². The second kappa shape index (κ2) is 10.4. The Bertz CT molecular complexity index is 321. The quantitative estimate of drug-likeness (QED) is 0.375. The molecule has 0 saturated carbocycles. The Balaban J connectivity index is 2.51. The fourth-order valence-electron chi connectivity index (χ4n) is 1.81. The van der Waals surface area contributed by atoms with Crippen LogP contribution in [0.3, 0.4) is 0 Å². The van der Waals surface area contributed by atoms with Crippen LogP contribution in [0, 0.1) is 0 Å². The number of ether oxygens (including phenoxy) is 2. The van der Waals surface area contributed by atoms with E-state index < -0.39 is 9.52 Å². The topological polar surface area (TPSA) is 18.5 Å². The fourth-order valence-corrected chi connectivity index (χ4v) is 3.49. The molecule has 1 aromatic rings. The molecule has 0 N–H and O–H groups in total. The van der Waals surface area contributed by atoms with Gasteiger partial charge in [-0.3, -0.25) is 0 Å². The van der Waals surface area contributed by atoms with E-state index in [-0.39, 0.29) is 5.91 Å². The molecule has 0 spiro atoms. The van der Waals surface area contributed by atoms with Gasteiger partial charge >= 0.3 is 0 Å². The van der Waals surface area contributed by atoms with Gasteiger partial charge in [0.15, 0.2) is 0 Å². The molecular weight excluding hydrogens is 276 g/mol. The van der Waals surface area contributed by atoms with Crippen molar-refractivity contribution in [3.8, 4) is 0 Å². The summed E-state index contributed by atoms with van der Waals surface area (Å²) in [4.78, 5) is 0. The summed E-state index contributed by atoms with van der Waals surface area (Å²) in [7, 11) is -0.545. The summed E-state index contributed by atoms with van der Waals surface area (Å²) < 4.78 is 11.6. The highest BCUT2D eigenvalue weighted by Crippen LogP contribution is 2.01. The van der Waals surface area contributed by atoms with E-state index in [4.69, 9.17) is 21.1 Å². The van der Waals surface area contributed by atoms with Crippen LogP contribution in [0.5, 0.6) is 0 Å². The van der Waals surface area contributed by atoms with Crippen molar-refractivity contribution in [1.82, 2.24) is 0 Å². The smallest absolute Gasteiger partial charge is 0.139 e. The van der Waals surface area contributed by atoms with Crippen LogP contribution in [0.15, 0.2) is 24.3 Å². The number of rotatable bonds is 10. The maximum Gasteiger partial charge on any atom is 0.139 e. The molecule has 0 unspecified atom stereocenters. The van der Waals surface area contributed by atoms with Gasteiger partial charge in [0.05, 0.1) is 0 Å². The molecule has 1 aromatic carbocycles. The van der Waals surface area contributed by atoms with Gasteiger partial charge in [0.1, 0.15) is 15.4 Å². The minimum atomic E-state index is -0.545. The van der Waals surface area contributed by atoms with E-state index in [0.29, 0.717) is 5.88 Å². The zero-order valence-electron chi connectivity index (χ0n) is 12.0. The van der Waals surface area contributed by atoms with Gasteiger partial charge in [-0.25, -0.2) is 0 Å². The maximum atomic E-state index is 5.79. The molecule has 0 radical (unpaired) electrons. The highest BCUT2D eigenvalue weighted by atomic mass is 35.5. The van der Waals surface area contributed by atoms with E-state index in [1.807, 2.05) is 0 Å². The predicted molar refractivity (Wildman–Crippen MR) is 85.3 cm³/mol. The third-order valence-electron chi connectivity index (χ3n) is 2.82. The van der Waals surface area contributed by atoms with Crippen molar-refractivity contribution in [2.24, 2.45) is 0 Å². The second-order valence-electron chi connectivity index (χ2n) is 4.63. The Hall–Kier alpha value is -0.353. The van der Waals surface area contributed by atoms with Crippen molar-refractivity contribution in [1.29, 1.82) is 0 Å². The van der Waals surface area contributed by atoms with Crippen molar-refractivity contribution in [3.63, 3.8) is 0 Å². The summed E-state index contributed by atoms with van der Waals surface area (Å²) in [5, 5.41) is 1.38. The predicted octanol–water partition coefficient (Wildman–Crippen LogP) is 2.40. The average Bonchev–Trinajstić information content (AvgIpc) is 2.44. The van der Waals surface area contributed by atoms with Gasteiger partial charge in [-0.05, 0) is 24.8 Å². The molecule has 0 heterocycles. The largest absolute Gasteiger partial charge is 0.357 e. The third kappa shape index (κ3) is 7.11. The number of hydrogen-bond acceptors (Lipinski definition) is 2. The first kappa shape index (κ1) is 16.7. The first-order valence-electron chi connectivity index (χ1n) is 7.17. The number of aryl methyl sites for hydroxylation is 1. The number of alkyl halides is 1. The minimum Gasteiger partial charge on any atom is -0.357 e. The minimum absolute atomic E-state index is 0.0128. The third-order valence-corrected chi connectivity index (χ3v) is 4.76. The van der Waals surface area contributed by atoms with Crippen LogP contribution in [-0.4, -0.2) is 34.5 Å². The van der Waals surface area contributed by atoms with Crippen molar-refractivity contribution in [3.05, 3.63) is 29.8 Å². The molecule has 0 atom stereocenters. The summed E-state index contributed by atoms with van der Waals surface area (Å²) in [6.07, 6.45) is 3.01. The van der Waals surface area contributed by atoms with E-state index in [9.17, 15) is 0 Å². The molecule has 0 aliphatic carbocycles. The molecular formula is C15H25ClO2Si. The van der Waals surface area contributed by atoms with Gasteiger partial charge in [-0.2, -0.15) is 0 Å². The Kier molecular flexibility index (Phi) is 9.17. The summed E-state index contributed by atoms with van der Waals surface area (Å²) in [5.74, 6) is 0.692. The molecule has 2 nitrogen and oxygen atoms in total. The molecule has 0 bridgehead atoms. The van der Waals surface area contributed by atoms with E-state index in [2.05, 4.69) is 38.1 Å². The lowest BCUT2D eigenvalue weighted by Crippen LogP contribution is -2.33. The van der Waals surface area contributed by atoms with Crippen LogP contribution in [-0.2, 0) is 15.9 Å².